The lowest BCUT2D eigenvalue weighted by atomic mass is 9.77. The number of rotatable bonds is 12. The Hall–Kier alpha value is -5.60. The zero-order valence-corrected chi connectivity index (χ0v) is 34.9. The highest BCUT2D eigenvalue weighted by Crippen LogP contribution is 2.61. The first-order valence-electron chi connectivity index (χ1n) is 20.5. The predicted octanol–water partition coefficient (Wildman–Crippen LogP) is 6.88. The summed E-state index contributed by atoms with van der Waals surface area (Å²) in [6.45, 7) is 9.61. The molecule has 2 saturated carbocycles. The summed E-state index contributed by atoms with van der Waals surface area (Å²) in [5.41, 5.74) is 3.79. The highest BCUT2D eigenvalue weighted by Gasteiger charge is 2.49. The predicted molar refractivity (Wildman–Crippen MR) is 223 cm³/mol. The Balaban J connectivity index is 0.000000181. The third kappa shape index (κ3) is 7.44. The summed E-state index contributed by atoms with van der Waals surface area (Å²) >= 11 is 0. The number of pyridine rings is 2. The third-order valence-corrected chi connectivity index (χ3v) is 12.9. The quantitative estimate of drug-likeness (QED) is 0.108. The first-order valence-corrected chi connectivity index (χ1v) is 20.5. The highest BCUT2D eigenvalue weighted by atomic mass is 16.5. The summed E-state index contributed by atoms with van der Waals surface area (Å²) in [7, 11) is 3.12. The van der Waals surface area contributed by atoms with Crippen LogP contribution in [-0.2, 0) is 0 Å². The van der Waals surface area contributed by atoms with Gasteiger partial charge in [-0.15, -0.1) is 0 Å². The average molecular weight is 827 g/mol. The summed E-state index contributed by atoms with van der Waals surface area (Å²) in [6.07, 6.45) is 7.95. The minimum absolute atomic E-state index is 0.0392. The van der Waals surface area contributed by atoms with Crippen molar-refractivity contribution in [3.63, 3.8) is 0 Å². The molecule has 8 rings (SSSR count). The van der Waals surface area contributed by atoms with Gasteiger partial charge in [-0.25, -0.2) is 9.59 Å². The van der Waals surface area contributed by atoms with Gasteiger partial charge in [-0.2, -0.15) is 0 Å². The van der Waals surface area contributed by atoms with E-state index >= 15 is 0 Å². The van der Waals surface area contributed by atoms with Crippen molar-refractivity contribution in [2.75, 3.05) is 40.6 Å². The maximum Gasteiger partial charge on any atom is 0.341 e. The van der Waals surface area contributed by atoms with Gasteiger partial charge in [-0.05, 0) is 71.9 Å². The summed E-state index contributed by atoms with van der Waals surface area (Å²) in [6, 6.07) is 10.7. The van der Waals surface area contributed by atoms with Gasteiger partial charge in [0.1, 0.15) is 11.1 Å². The number of fused-ring (bicyclic) bond motifs is 12. The molecule has 4 aliphatic rings. The number of carbonyl (C=O) groups is 2. The zero-order valence-electron chi connectivity index (χ0n) is 34.9. The van der Waals surface area contributed by atoms with Crippen LogP contribution in [0.1, 0.15) is 122 Å². The van der Waals surface area contributed by atoms with Crippen molar-refractivity contribution in [1.29, 1.82) is 0 Å². The molecule has 4 N–H and O–H groups in total. The van der Waals surface area contributed by atoms with E-state index < -0.39 is 22.8 Å². The number of carboxylic acids is 2. The second-order valence-electron chi connectivity index (χ2n) is 17.5. The van der Waals surface area contributed by atoms with Gasteiger partial charge in [-0.1, -0.05) is 27.7 Å². The van der Waals surface area contributed by atoms with Crippen molar-refractivity contribution in [2.45, 2.75) is 90.1 Å². The Morgan fingerprint density at radius 2 is 1.02 bits per heavy atom. The molecule has 0 unspecified atom stereocenters. The Morgan fingerprint density at radius 1 is 0.633 bits per heavy atom. The number of hydrogen-bond acceptors (Lipinski definition) is 10. The number of hydrogen-bond donors (Lipinski definition) is 4. The monoisotopic (exact) mass is 826 g/mol. The van der Waals surface area contributed by atoms with Crippen LogP contribution in [0.3, 0.4) is 0 Å². The maximum absolute atomic E-state index is 12.5. The van der Waals surface area contributed by atoms with Crippen molar-refractivity contribution < 1.29 is 49.0 Å². The van der Waals surface area contributed by atoms with Crippen LogP contribution in [0.4, 0.5) is 0 Å². The first-order chi connectivity index (χ1) is 28.6. The largest absolute Gasteiger partial charge is 0.493 e. The van der Waals surface area contributed by atoms with Crippen molar-refractivity contribution >= 4 is 11.9 Å². The molecule has 0 amide bonds. The fraction of sp³-hybridized carbons (Fsp3) is 0.478. The molecule has 60 heavy (non-hydrogen) atoms. The smallest absolute Gasteiger partial charge is 0.341 e. The van der Waals surface area contributed by atoms with Crippen LogP contribution in [0, 0.1) is 10.8 Å². The number of ether oxygens (including phenoxy) is 4. The molecular formula is C46H54N2O12. The van der Waals surface area contributed by atoms with E-state index in [1.807, 2.05) is 33.4 Å². The van der Waals surface area contributed by atoms with E-state index in [1.54, 1.807) is 14.2 Å². The van der Waals surface area contributed by atoms with Gasteiger partial charge in [0.05, 0.1) is 38.8 Å². The van der Waals surface area contributed by atoms with E-state index in [4.69, 9.17) is 29.2 Å². The SMILES string of the molecule is COc1cc2c(cc1OCCCO)[C@@H]1CCC(C)(C)[C@@H]1n1cc(C(=O)O)c(=O)cc1-2.COc1cc2c(cc1OCCCO)[C@H]1CCC(C)(C)[C@H]1n1cc(C(=O)O)c(=O)cc1-2. The molecule has 320 valence electrons. The fourth-order valence-electron chi connectivity index (χ4n) is 10.1. The molecule has 2 aliphatic carbocycles. The number of aliphatic hydroxyl groups is 2. The Bertz CT molecular complexity index is 2280. The first kappa shape index (κ1) is 42.5. The van der Waals surface area contributed by atoms with Crippen molar-refractivity contribution in [3.8, 4) is 45.5 Å². The number of aliphatic hydroxyl groups excluding tert-OH is 2. The minimum atomic E-state index is -1.21. The third-order valence-electron chi connectivity index (χ3n) is 12.9. The normalized spacial score (nSPS) is 20.8. The van der Waals surface area contributed by atoms with Crippen molar-refractivity contribution in [1.82, 2.24) is 9.13 Å². The molecule has 2 fully saturated rings. The minimum Gasteiger partial charge on any atom is -0.493 e. The molecule has 0 saturated heterocycles. The van der Waals surface area contributed by atoms with Gasteiger partial charge in [-0.3, -0.25) is 9.59 Å². The summed E-state index contributed by atoms with van der Waals surface area (Å²) < 4.78 is 26.8. The molecule has 2 aliphatic heterocycles. The van der Waals surface area contributed by atoms with Crippen molar-refractivity contribution in [3.05, 3.63) is 91.5 Å². The molecule has 14 nitrogen and oxygen atoms in total. The lowest BCUT2D eigenvalue weighted by molar-refractivity contribution is 0.0683. The fourth-order valence-corrected chi connectivity index (χ4v) is 10.1. The molecule has 2 aromatic heterocycles. The second-order valence-corrected chi connectivity index (χ2v) is 17.5. The Morgan fingerprint density at radius 3 is 1.35 bits per heavy atom. The molecule has 14 heteroatoms. The molecule has 0 bridgehead atoms. The molecule has 4 heterocycles. The van der Waals surface area contributed by atoms with Crippen LogP contribution in [-0.4, -0.2) is 82.1 Å². The van der Waals surface area contributed by atoms with Gasteiger partial charge < -0.3 is 48.5 Å². The van der Waals surface area contributed by atoms with E-state index in [0.29, 0.717) is 60.4 Å². The molecule has 0 radical (unpaired) electrons. The summed E-state index contributed by atoms with van der Waals surface area (Å²) in [4.78, 5) is 48.3. The van der Waals surface area contributed by atoms with E-state index in [1.165, 1.54) is 24.5 Å². The van der Waals surface area contributed by atoms with Crippen LogP contribution >= 0.6 is 0 Å². The van der Waals surface area contributed by atoms with Gasteiger partial charge in [0.25, 0.3) is 0 Å². The zero-order chi connectivity index (χ0) is 43.3. The van der Waals surface area contributed by atoms with Crippen LogP contribution in [0.15, 0.2) is 58.4 Å². The number of methoxy groups -OCH3 is 2. The molecule has 4 aromatic rings. The number of nitrogens with zero attached hydrogens (tertiary/aromatic N) is 2. The molecule has 0 spiro atoms. The van der Waals surface area contributed by atoms with E-state index in [-0.39, 0.29) is 59.1 Å². The standard InChI is InChI=1S/2C23H27NO6/c2*1-23(2)6-5-13-14-9-20(30-8-4-7-25)19(29-3)10-15(14)17-11-18(26)16(22(27)28)12-24(17)21(13)23/h2*9-13,21,25H,4-8H2,1-3H3,(H,27,28)/t2*13-,21+/m10/s1. The second kappa shape index (κ2) is 16.5. The Kier molecular flexibility index (Phi) is 11.7. The molecule has 4 atom stereocenters. The van der Waals surface area contributed by atoms with Crippen LogP contribution in [0.25, 0.3) is 22.5 Å². The van der Waals surface area contributed by atoms with E-state index in [0.717, 1.165) is 47.9 Å². The number of aromatic nitrogens is 2. The summed E-state index contributed by atoms with van der Waals surface area (Å²) in [5.74, 6) is 0.262. The van der Waals surface area contributed by atoms with Crippen LogP contribution in [0.2, 0.25) is 0 Å². The maximum atomic E-state index is 12.5. The summed E-state index contributed by atoms with van der Waals surface area (Å²) in [5, 5.41) is 37.1. The van der Waals surface area contributed by atoms with Crippen LogP contribution in [0.5, 0.6) is 23.0 Å². The number of benzene rings is 2. The van der Waals surface area contributed by atoms with Gasteiger partial charge in [0, 0.05) is 85.6 Å². The van der Waals surface area contributed by atoms with Crippen LogP contribution < -0.4 is 29.8 Å². The average Bonchev–Trinajstić information content (AvgIpc) is 3.71. The van der Waals surface area contributed by atoms with E-state index in [2.05, 4.69) is 27.7 Å². The highest BCUT2D eigenvalue weighted by molar-refractivity contribution is 5.88. The number of carboxylic acid groups (broad SMARTS) is 2. The Labute approximate surface area is 347 Å². The van der Waals surface area contributed by atoms with Gasteiger partial charge in [0.15, 0.2) is 33.9 Å². The van der Waals surface area contributed by atoms with Crippen molar-refractivity contribution in [2.24, 2.45) is 10.8 Å². The number of aromatic carboxylic acids is 2. The molecule has 2 aromatic carbocycles. The lowest BCUT2D eigenvalue weighted by Gasteiger charge is -2.40. The van der Waals surface area contributed by atoms with E-state index in [9.17, 15) is 29.4 Å². The van der Waals surface area contributed by atoms with Gasteiger partial charge >= 0.3 is 11.9 Å². The van der Waals surface area contributed by atoms with Gasteiger partial charge in [0.2, 0.25) is 0 Å². The topological polar surface area (TPSA) is 196 Å². The lowest BCUT2D eigenvalue weighted by Crippen LogP contribution is -2.32. The molecular weight excluding hydrogens is 773 g/mol.